The Bertz CT molecular complexity index is 632. The number of hydrogen-bond donors (Lipinski definition) is 0. The van der Waals surface area contributed by atoms with E-state index in [1.807, 2.05) is 20.8 Å². The van der Waals surface area contributed by atoms with Gasteiger partial charge in [-0.15, -0.1) is 10.2 Å². The molecule has 2 aromatic rings. The Labute approximate surface area is 113 Å². The van der Waals surface area contributed by atoms with E-state index in [-0.39, 0.29) is 11.0 Å². The fraction of sp³-hybridized carbons (Fsp3) is 0.333. The van der Waals surface area contributed by atoms with Crippen molar-refractivity contribution < 1.29 is 13.2 Å². The van der Waals surface area contributed by atoms with Crippen LogP contribution in [0.4, 0.5) is 13.2 Å². The Morgan fingerprint density at radius 1 is 1.05 bits per heavy atom. The van der Waals surface area contributed by atoms with Crippen LogP contribution in [0.3, 0.4) is 0 Å². The van der Waals surface area contributed by atoms with Gasteiger partial charge in [0.25, 0.3) is 0 Å². The molecule has 1 heterocycles. The second kappa shape index (κ2) is 4.52. The first-order chi connectivity index (χ1) is 8.73. The van der Waals surface area contributed by atoms with Crippen LogP contribution in [0.15, 0.2) is 12.1 Å². The number of rotatable bonds is 1. The Hall–Kier alpha value is -1.56. The molecule has 0 saturated carbocycles. The molecule has 0 bridgehead atoms. The van der Waals surface area contributed by atoms with Crippen LogP contribution in [-0.4, -0.2) is 14.8 Å². The lowest BCUT2D eigenvalue weighted by molar-refractivity contribution is 0.442. The van der Waals surface area contributed by atoms with Gasteiger partial charge in [0, 0.05) is 5.41 Å². The molecule has 0 unspecified atom stereocenters. The highest BCUT2D eigenvalue weighted by Crippen LogP contribution is 2.29. The highest BCUT2D eigenvalue weighted by Gasteiger charge is 2.27. The van der Waals surface area contributed by atoms with E-state index in [4.69, 9.17) is 11.6 Å². The van der Waals surface area contributed by atoms with Crippen LogP contribution in [0, 0.1) is 17.5 Å². The van der Waals surface area contributed by atoms with Crippen molar-refractivity contribution in [2.75, 3.05) is 0 Å². The Kier molecular flexibility index (Phi) is 3.30. The van der Waals surface area contributed by atoms with Gasteiger partial charge in [-0.25, -0.2) is 13.2 Å². The van der Waals surface area contributed by atoms with Crippen molar-refractivity contribution in [2.24, 2.45) is 0 Å². The van der Waals surface area contributed by atoms with E-state index in [0.29, 0.717) is 5.82 Å². The Morgan fingerprint density at radius 2 is 1.68 bits per heavy atom. The molecule has 3 nitrogen and oxygen atoms in total. The second-order valence-corrected chi connectivity index (χ2v) is 5.41. The van der Waals surface area contributed by atoms with Gasteiger partial charge in [0.05, 0.1) is 5.69 Å². The van der Waals surface area contributed by atoms with Crippen LogP contribution < -0.4 is 0 Å². The maximum atomic E-state index is 13.8. The molecular formula is C12H11ClF3N3. The average Bonchev–Trinajstić information content (AvgIpc) is 2.68. The summed E-state index contributed by atoms with van der Waals surface area (Å²) in [6.07, 6.45) is 0. The molecule has 0 aliphatic heterocycles. The molecule has 0 N–H and O–H groups in total. The van der Waals surface area contributed by atoms with Gasteiger partial charge in [-0.2, -0.15) is 0 Å². The third-order valence-corrected chi connectivity index (χ3v) is 2.79. The summed E-state index contributed by atoms with van der Waals surface area (Å²) in [6, 6.07) is 1.93. The van der Waals surface area contributed by atoms with Crippen molar-refractivity contribution in [2.45, 2.75) is 26.2 Å². The van der Waals surface area contributed by atoms with Crippen LogP contribution >= 0.6 is 11.6 Å². The minimum absolute atomic E-state index is 0.116. The molecule has 19 heavy (non-hydrogen) atoms. The summed E-state index contributed by atoms with van der Waals surface area (Å²) in [4.78, 5) is 0. The first-order valence-corrected chi connectivity index (χ1v) is 5.86. The molecule has 0 saturated heterocycles. The van der Waals surface area contributed by atoms with Gasteiger partial charge in [0.15, 0.2) is 17.5 Å². The van der Waals surface area contributed by atoms with Crippen molar-refractivity contribution in [3.8, 4) is 5.69 Å². The molecule has 0 amide bonds. The van der Waals surface area contributed by atoms with Gasteiger partial charge in [-0.05, 0) is 23.7 Å². The van der Waals surface area contributed by atoms with Crippen LogP contribution in [0.2, 0.25) is 5.28 Å². The number of benzene rings is 1. The third kappa shape index (κ3) is 2.32. The van der Waals surface area contributed by atoms with E-state index < -0.39 is 22.9 Å². The van der Waals surface area contributed by atoms with Crippen molar-refractivity contribution in [3.63, 3.8) is 0 Å². The summed E-state index contributed by atoms with van der Waals surface area (Å²) in [5.41, 5.74) is -0.712. The first-order valence-electron chi connectivity index (χ1n) is 5.48. The monoisotopic (exact) mass is 289 g/mol. The molecule has 7 heteroatoms. The Morgan fingerprint density at radius 3 is 2.26 bits per heavy atom. The normalized spacial score (nSPS) is 11.9. The van der Waals surface area contributed by atoms with E-state index >= 15 is 0 Å². The molecule has 0 spiro atoms. The van der Waals surface area contributed by atoms with Gasteiger partial charge < -0.3 is 0 Å². The molecule has 1 aromatic heterocycles. The second-order valence-electron chi connectivity index (χ2n) is 5.07. The molecule has 0 atom stereocenters. The predicted octanol–water partition coefficient (Wildman–Crippen LogP) is 3.64. The summed E-state index contributed by atoms with van der Waals surface area (Å²) in [5, 5.41) is 7.39. The van der Waals surface area contributed by atoms with E-state index in [2.05, 4.69) is 10.2 Å². The zero-order valence-corrected chi connectivity index (χ0v) is 11.3. The molecule has 0 radical (unpaired) electrons. The van der Waals surface area contributed by atoms with Crippen molar-refractivity contribution in [1.29, 1.82) is 0 Å². The summed E-state index contributed by atoms with van der Waals surface area (Å²) >= 11 is 5.86. The fourth-order valence-corrected chi connectivity index (χ4v) is 1.86. The van der Waals surface area contributed by atoms with E-state index in [1.165, 1.54) is 4.57 Å². The van der Waals surface area contributed by atoms with Gasteiger partial charge in [-0.1, -0.05) is 20.8 Å². The maximum Gasteiger partial charge on any atom is 0.229 e. The molecule has 0 aliphatic carbocycles. The maximum absolute atomic E-state index is 13.8. The quantitative estimate of drug-likeness (QED) is 0.751. The van der Waals surface area contributed by atoms with Crippen molar-refractivity contribution in [3.05, 3.63) is 40.7 Å². The predicted molar refractivity (Wildman–Crippen MR) is 64.9 cm³/mol. The lowest BCUT2D eigenvalue weighted by atomic mass is 9.95. The molecule has 1 aromatic carbocycles. The van der Waals surface area contributed by atoms with E-state index in [0.717, 1.165) is 12.1 Å². The molecule has 0 fully saturated rings. The lowest BCUT2D eigenvalue weighted by Gasteiger charge is -2.19. The summed E-state index contributed by atoms with van der Waals surface area (Å²) < 4.78 is 41.2. The smallest absolute Gasteiger partial charge is 0.229 e. The van der Waals surface area contributed by atoms with E-state index in [9.17, 15) is 13.2 Å². The fourth-order valence-electron chi connectivity index (χ4n) is 1.65. The van der Waals surface area contributed by atoms with Crippen LogP contribution in [0.5, 0.6) is 0 Å². The molecule has 0 aliphatic rings. The number of aromatic nitrogens is 3. The van der Waals surface area contributed by atoms with Crippen LogP contribution in [0.1, 0.15) is 26.6 Å². The highest BCUT2D eigenvalue weighted by molar-refractivity contribution is 6.28. The number of hydrogen-bond acceptors (Lipinski definition) is 2. The SMILES string of the molecule is CC(C)(C)c1nnc(Cl)n1-c1ccc(F)c(F)c1F. The highest BCUT2D eigenvalue weighted by atomic mass is 35.5. The summed E-state index contributed by atoms with van der Waals surface area (Å²) in [5.74, 6) is -3.79. The van der Waals surface area contributed by atoms with Gasteiger partial charge >= 0.3 is 0 Å². The zero-order chi connectivity index (χ0) is 14.4. The zero-order valence-electron chi connectivity index (χ0n) is 10.5. The standard InChI is InChI=1S/C12H11ClF3N3/c1-12(2,3)10-17-18-11(13)19(10)7-5-4-6(14)8(15)9(7)16/h4-5H,1-3H3. The van der Waals surface area contributed by atoms with Gasteiger partial charge in [-0.3, -0.25) is 4.57 Å². The van der Waals surface area contributed by atoms with Crippen LogP contribution in [0.25, 0.3) is 5.69 Å². The van der Waals surface area contributed by atoms with Gasteiger partial charge in [0.2, 0.25) is 5.28 Å². The van der Waals surface area contributed by atoms with E-state index in [1.54, 1.807) is 0 Å². The molecule has 2 rings (SSSR count). The molecule has 102 valence electrons. The average molecular weight is 290 g/mol. The lowest BCUT2D eigenvalue weighted by Crippen LogP contribution is -2.19. The number of nitrogens with zero attached hydrogens (tertiary/aromatic N) is 3. The molecular weight excluding hydrogens is 279 g/mol. The van der Waals surface area contributed by atoms with Crippen molar-refractivity contribution in [1.82, 2.24) is 14.8 Å². The number of halogens is 4. The Balaban J connectivity index is 2.73. The topological polar surface area (TPSA) is 30.7 Å². The third-order valence-electron chi connectivity index (χ3n) is 2.55. The van der Waals surface area contributed by atoms with Gasteiger partial charge in [0.1, 0.15) is 5.82 Å². The minimum Gasteiger partial charge on any atom is -0.266 e. The summed E-state index contributed by atoms with van der Waals surface area (Å²) in [7, 11) is 0. The summed E-state index contributed by atoms with van der Waals surface area (Å²) in [6.45, 7) is 5.46. The first kappa shape index (κ1) is 13.9. The van der Waals surface area contributed by atoms with Crippen LogP contribution in [-0.2, 0) is 5.41 Å². The minimum atomic E-state index is -1.55. The van der Waals surface area contributed by atoms with Crippen molar-refractivity contribution >= 4 is 11.6 Å². The largest absolute Gasteiger partial charge is 0.266 e.